The van der Waals surface area contributed by atoms with E-state index in [9.17, 15) is 5.11 Å². The lowest BCUT2D eigenvalue weighted by Crippen LogP contribution is -1.90. The van der Waals surface area contributed by atoms with Crippen molar-refractivity contribution >= 4 is 6.21 Å². The largest absolute Gasteiger partial charge is 0.508 e. The second-order valence-electron chi connectivity index (χ2n) is 5.44. The Kier molecular flexibility index (Phi) is 4.85. The van der Waals surface area contributed by atoms with E-state index in [2.05, 4.69) is 41.4 Å². The topological polar surface area (TPSA) is 32.6 Å². The van der Waals surface area contributed by atoms with Gasteiger partial charge in [0, 0.05) is 12.8 Å². The summed E-state index contributed by atoms with van der Waals surface area (Å²) in [6.45, 7) is 0.741. The highest BCUT2D eigenvalue weighted by Gasteiger charge is 1.96. The molecule has 0 aliphatic rings. The lowest BCUT2D eigenvalue weighted by molar-refractivity contribution is 0.475. The minimum absolute atomic E-state index is 0.302. The summed E-state index contributed by atoms with van der Waals surface area (Å²) in [7, 11) is 0. The van der Waals surface area contributed by atoms with Gasteiger partial charge in [0.15, 0.2) is 0 Å². The van der Waals surface area contributed by atoms with Gasteiger partial charge >= 0.3 is 0 Å². The molecule has 3 aromatic carbocycles. The molecule has 114 valence electrons. The summed E-state index contributed by atoms with van der Waals surface area (Å²) in [4.78, 5) is 4.47. The number of nitrogens with zero attached hydrogens (tertiary/aromatic N) is 1. The molecule has 0 aliphatic heterocycles. The van der Waals surface area contributed by atoms with Gasteiger partial charge in [-0.05, 0) is 40.8 Å². The normalized spacial score (nSPS) is 11.0. The Balaban J connectivity index is 1.56. The van der Waals surface area contributed by atoms with Gasteiger partial charge in [-0.25, -0.2) is 0 Å². The van der Waals surface area contributed by atoms with Gasteiger partial charge in [0.25, 0.3) is 0 Å². The van der Waals surface area contributed by atoms with E-state index in [0.29, 0.717) is 5.75 Å². The van der Waals surface area contributed by atoms with Crippen LogP contribution in [0.25, 0.3) is 11.1 Å². The molecular formula is C21H19NO. The Labute approximate surface area is 136 Å². The van der Waals surface area contributed by atoms with E-state index in [0.717, 1.165) is 18.5 Å². The first-order valence-corrected chi connectivity index (χ1v) is 7.74. The van der Waals surface area contributed by atoms with Gasteiger partial charge in [-0.3, -0.25) is 4.99 Å². The minimum Gasteiger partial charge on any atom is -0.508 e. The molecule has 0 amide bonds. The third-order valence-electron chi connectivity index (χ3n) is 3.72. The van der Waals surface area contributed by atoms with Crippen molar-refractivity contribution in [3.63, 3.8) is 0 Å². The highest BCUT2D eigenvalue weighted by atomic mass is 16.3. The van der Waals surface area contributed by atoms with Crippen LogP contribution in [0.1, 0.15) is 11.1 Å². The first-order valence-electron chi connectivity index (χ1n) is 7.74. The minimum atomic E-state index is 0.302. The van der Waals surface area contributed by atoms with E-state index >= 15 is 0 Å². The maximum Gasteiger partial charge on any atom is 0.115 e. The maximum atomic E-state index is 9.25. The molecule has 0 atom stereocenters. The van der Waals surface area contributed by atoms with Gasteiger partial charge in [0.1, 0.15) is 5.75 Å². The Bertz CT molecular complexity index is 759. The summed E-state index contributed by atoms with van der Waals surface area (Å²) >= 11 is 0. The van der Waals surface area contributed by atoms with Crippen molar-refractivity contribution in [2.45, 2.75) is 6.42 Å². The SMILES string of the molecule is Oc1ccc(CCN=Cc2ccc(-c3ccccc3)cc2)cc1. The van der Waals surface area contributed by atoms with Crippen molar-refractivity contribution in [1.29, 1.82) is 0 Å². The van der Waals surface area contributed by atoms with Crippen molar-refractivity contribution in [2.75, 3.05) is 6.54 Å². The van der Waals surface area contributed by atoms with Crippen LogP contribution < -0.4 is 0 Å². The maximum absolute atomic E-state index is 9.25. The van der Waals surface area contributed by atoms with Crippen LogP contribution in [-0.4, -0.2) is 17.9 Å². The Hall–Kier alpha value is -2.87. The molecule has 1 N–H and O–H groups in total. The number of hydrogen-bond donors (Lipinski definition) is 1. The van der Waals surface area contributed by atoms with Gasteiger partial charge in [0.2, 0.25) is 0 Å². The van der Waals surface area contributed by atoms with E-state index in [1.54, 1.807) is 12.1 Å². The smallest absolute Gasteiger partial charge is 0.115 e. The summed E-state index contributed by atoms with van der Waals surface area (Å²) in [5.74, 6) is 0.302. The van der Waals surface area contributed by atoms with Gasteiger partial charge in [0.05, 0.1) is 0 Å². The number of rotatable bonds is 5. The number of hydrogen-bond acceptors (Lipinski definition) is 2. The third kappa shape index (κ3) is 4.30. The number of benzene rings is 3. The van der Waals surface area contributed by atoms with Crippen LogP contribution in [0.3, 0.4) is 0 Å². The fourth-order valence-electron chi connectivity index (χ4n) is 2.42. The fraction of sp³-hybridized carbons (Fsp3) is 0.0952. The lowest BCUT2D eigenvalue weighted by Gasteiger charge is -2.02. The van der Waals surface area contributed by atoms with Crippen LogP contribution in [0.15, 0.2) is 83.9 Å². The van der Waals surface area contributed by atoms with Crippen LogP contribution in [-0.2, 0) is 6.42 Å². The second-order valence-corrected chi connectivity index (χ2v) is 5.44. The zero-order valence-corrected chi connectivity index (χ0v) is 12.9. The fourth-order valence-corrected chi connectivity index (χ4v) is 2.42. The van der Waals surface area contributed by atoms with E-state index in [1.165, 1.54) is 16.7 Å². The van der Waals surface area contributed by atoms with Gasteiger partial charge in [-0.15, -0.1) is 0 Å². The van der Waals surface area contributed by atoms with Crippen molar-refractivity contribution < 1.29 is 5.11 Å². The number of phenolic OH excluding ortho intramolecular Hbond substituents is 1. The molecule has 0 unspecified atom stereocenters. The molecule has 2 heteroatoms. The summed E-state index contributed by atoms with van der Waals surface area (Å²) in [5, 5.41) is 9.25. The molecule has 0 saturated carbocycles. The van der Waals surface area contributed by atoms with Crippen LogP contribution in [0.2, 0.25) is 0 Å². The lowest BCUT2D eigenvalue weighted by atomic mass is 10.0. The Morgan fingerprint density at radius 1 is 0.739 bits per heavy atom. The first-order chi connectivity index (χ1) is 11.3. The zero-order valence-electron chi connectivity index (χ0n) is 12.9. The third-order valence-corrected chi connectivity index (χ3v) is 3.72. The van der Waals surface area contributed by atoms with Crippen molar-refractivity contribution in [2.24, 2.45) is 4.99 Å². The molecule has 3 aromatic rings. The molecule has 0 bridgehead atoms. The highest BCUT2D eigenvalue weighted by molar-refractivity contribution is 5.81. The Morgan fingerprint density at radius 2 is 1.39 bits per heavy atom. The molecule has 0 aromatic heterocycles. The standard InChI is InChI=1S/C21H19NO/c23-21-12-8-17(9-13-21)14-15-22-16-18-6-10-20(11-7-18)19-4-2-1-3-5-19/h1-13,16,23H,14-15H2. The summed E-state index contributed by atoms with van der Waals surface area (Å²) in [5.41, 5.74) is 4.73. The average Bonchev–Trinajstić information content (AvgIpc) is 2.62. The van der Waals surface area contributed by atoms with Gasteiger partial charge < -0.3 is 5.11 Å². The van der Waals surface area contributed by atoms with E-state index in [4.69, 9.17) is 0 Å². The highest BCUT2D eigenvalue weighted by Crippen LogP contribution is 2.18. The molecule has 23 heavy (non-hydrogen) atoms. The number of aromatic hydroxyl groups is 1. The summed E-state index contributed by atoms with van der Waals surface area (Å²) < 4.78 is 0. The predicted octanol–water partition coefficient (Wildman–Crippen LogP) is 4.72. The zero-order chi connectivity index (χ0) is 15.9. The average molecular weight is 301 g/mol. The van der Waals surface area contributed by atoms with Crippen LogP contribution in [0.4, 0.5) is 0 Å². The van der Waals surface area contributed by atoms with E-state index in [-0.39, 0.29) is 0 Å². The molecule has 0 heterocycles. The number of aliphatic imine (C=N–C) groups is 1. The Morgan fingerprint density at radius 3 is 2.09 bits per heavy atom. The van der Waals surface area contributed by atoms with Crippen LogP contribution >= 0.6 is 0 Å². The van der Waals surface area contributed by atoms with Crippen LogP contribution in [0.5, 0.6) is 5.75 Å². The molecule has 2 nitrogen and oxygen atoms in total. The first kappa shape index (κ1) is 15.0. The van der Waals surface area contributed by atoms with Crippen molar-refractivity contribution in [1.82, 2.24) is 0 Å². The molecule has 0 spiro atoms. The van der Waals surface area contributed by atoms with Gasteiger partial charge in [-0.2, -0.15) is 0 Å². The molecule has 0 fully saturated rings. The molecule has 3 rings (SSSR count). The van der Waals surface area contributed by atoms with E-state index in [1.807, 2.05) is 36.5 Å². The van der Waals surface area contributed by atoms with Gasteiger partial charge in [-0.1, -0.05) is 66.7 Å². The number of phenols is 1. The van der Waals surface area contributed by atoms with Crippen LogP contribution in [0, 0.1) is 0 Å². The summed E-state index contributed by atoms with van der Waals surface area (Å²) in [6, 6.07) is 26.1. The molecular weight excluding hydrogens is 282 g/mol. The predicted molar refractivity (Wildman–Crippen MR) is 96.1 cm³/mol. The quantitative estimate of drug-likeness (QED) is 0.679. The summed E-state index contributed by atoms with van der Waals surface area (Å²) in [6.07, 6.45) is 2.79. The monoisotopic (exact) mass is 301 g/mol. The molecule has 0 saturated heterocycles. The second kappa shape index (κ2) is 7.41. The molecule has 0 radical (unpaired) electrons. The molecule has 0 aliphatic carbocycles. The van der Waals surface area contributed by atoms with Crippen molar-refractivity contribution in [3.8, 4) is 16.9 Å². The van der Waals surface area contributed by atoms with Crippen molar-refractivity contribution in [3.05, 3.63) is 90.0 Å². The van der Waals surface area contributed by atoms with E-state index < -0.39 is 0 Å².